The number of anilines is 1. The van der Waals surface area contributed by atoms with Crippen LogP contribution in [-0.4, -0.2) is 37.1 Å². The third kappa shape index (κ3) is 3.91. The summed E-state index contributed by atoms with van der Waals surface area (Å²) in [5.74, 6) is 0.844. The Morgan fingerprint density at radius 1 is 1.32 bits per heavy atom. The molecule has 3 heterocycles. The summed E-state index contributed by atoms with van der Waals surface area (Å²) in [4.78, 5) is 20.5. The highest BCUT2D eigenvalue weighted by Gasteiger charge is 2.25. The monoisotopic (exact) mass is 413 g/mol. The van der Waals surface area contributed by atoms with E-state index in [-0.39, 0.29) is 11.9 Å². The predicted molar refractivity (Wildman–Crippen MR) is 116 cm³/mol. The van der Waals surface area contributed by atoms with Crippen LogP contribution >= 0.6 is 22.7 Å². The number of methoxy groups -OCH3 is 1. The molecule has 7 heteroatoms. The number of para-hydroxylation sites is 2. The maximum Gasteiger partial charge on any atom is 0.263 e. The second kappa shape index (κ2) is 8.32. The fraction of sp³-hybridized carbons (Fsp3) is 0.333. The third-order valence-electron chi connectivity index (χ3n) is 4.95. The number of ether oxygens (including phenoxy) is 1. The Morgan fingerprint density at radius 3 is 2.96 bits per heavy atom. The van der Waals surface area contributed by atoms with Gasteiger partial charge < -0.3 is 15.0 Å². The highest BCUT2D eigenvalue weighted by atomic mass is 32.1. The van der Waals surface area contributed by atoms with Crippen molar-refractivity contribution in [3.63, 3.8) is 0 Å². The van der Waals surface area contributed by atoms with E-state index in [1.807, 2.05) is 36.6 Å². The second-order valence-corrected chi connectivity index (χ2v) is 8.66. The maximum atomic E-state index is 12.9. The molecule has 1 fully saturated rings. The molecule has 146 valence electrons. The fourth-order valence-electron chi connectivity index (χ4n) is 3.57. The van der Waals surface area contributed by atoms with Gasteiger partial charge in [0.2, 0.25) is 0 Å². The van der Waals surface area contributed by atoms with Crippen molar-refractivity contribution in [3.05, 3.63) is 51.7 Å². The first-order chi connectivity index (χ1) is 13.7. The third-order valence-corrected chi connectivity index (χ3v) is 6.84. The molecule has 1 atom stereocenters. The quantitative estimate of drug-likeness (QED) is 0.665. The molecule has 1 unspecified atom stereocenters. The molecule has 5 nitrogen and oxygen atoms in total. The van der Waals surface area contributed by atoms with Gasteiger partial charge in [-0.15, -0.1) is 11.3 Å². The molecule has 0 spiro atoms. The van der Waals surface area contributed by atoms with E-state index < -0.39 is 0 Å². The number of aromatic nitrogens is 1. The van der Waals surface area contributed by atoms with Gasteiger partial charge in [0.15, 0.2) is 0 Å². The van der Waals surface area contributed by atoms with E-state index in [1.54, 1.807) is 18.4 Å². The van der Waals surface area contributed by atoms with E-state index >= 15 is 0 Å². The highest BCUT2D eigenvalue weighted by Crippen LogP contribution is 2.31. The van der Waals surface area contributed by atoms with Crippen LogP contribution < -0.4 is 15.0 Å². The fourth-order valence-corrected chi connectivity index (χ4v) is 5.25. The molecule has 0 radical (unpaired) electrons. The summed E-state index contributed by atoms with van der Waals surface area (Å²) >= 11 is 3.10. The van der Waals surface area contributed by atoms with Crippen molar-refractivity contribution < 1.29 is 9.53 Å². The zero-order valence-electron chi connectivity index (χ0n) is 16.0. The van der Waals surface area contributed by atoms with Gasteiger partial charge >= 0.3 is 0 Å². The van der Waals surface area contributed by atoms with E-state index in [0.29, 0.717) is 4.88 Å². The molecule has 28 heavy (non-hydrogen) atoms. The van der Waals surface area contributed by atoms with Gasteiger partial charge in [0.1, 0.15) is 15.6 Å². The van der Waals surface area contributed by atoms with Crippen molar-refractivity contribution in [1.29, 1.82) is 0 Å². The smallest absolute Gasteiger partial charge is 0.263 e. The average Bonchev–Trinajstić information content (AvgIpc) is 3.38. The van der Waals surface area contributed by atoms with Crippen LogP contribution in [0, 0.1) is 6.92 Å². The van der Waals surface area contributed by atoms with Crippen LogP contribution in [0.3, 0.4) is 0 Å². The van der Waals surface area contributed by atoms with E-state index in [0.717, 1.165) is 53.6 Å². The minimum atomic E-state index is -0.0247. The molecule has 1 saturated heterocycles. The lowest BCUT2D eigenvalue weighted by Crippen LogP contribution is -2.47. The Balaban J connectivity index is 1.46. The van der Waals surface area contributed by atoms with Gasteiger partial charge in [-0.05, 0) is 43.3 Å². The largest absolute Gasteiger partial charge is 0.495 e. The topological polar surface area (TPSA) is 54.5 Å². The number of thiazole rings is 1. The Morgan fingerprint density at radius 2 is 2.18 bits per heavy atom. The van der Waals surface area contributed by atoms with E-state index in [9.17, 15) is 4.79 Å². The molecule has 1 aliphatic rings. The molecule has 1 amide bonds. The van der Waals surface area contributed by atoms with Crippen LogP contribution in [0.2, 0.25) is 0 Å². The van der Waals surface area contributed by atoms with E-state index in [1.165, 1.54) is 11.3 Å². The molecular formula is C21H23N3O2S2. The zero-order valence-corrected chi connectivity index (χ0v) is 17.6. The average molecular weight is 414 g/mol. The number of nitrogens with one attached hydrogen (secondary N) is 1. The van der Waals surface area contributed by atoms with Crippen molar-refractivity contribution in [2.45, 2.75) is 25.8 Å². The molecule has 0 bridgehead atoms. The molecule has 0 saturated carbocycles. The lowest BCUT2D eigenvalue weighted by atomic mass is 10.0. The van der Waals surface area contributed by atoms with Crippen LogP contribution in [0.5, 0.6) is 5.75 Å². The van der Waals surface area contributed by atoms with Crippen LogP contribution in [0.25, 0.3) is 10.6 Å². The van der Waals surface area contributed by atoms with Crippen molar-refractivity contribution in [3.8, 4) is 16.3 Å². The summed E-state index contributed by atoms with van der Waals surface area (Å²) in [6, 6.07) is 10.2. The maximum absolute atomic E-state index is 12.9. The SMILES string of the molecule is COc1ccccc1N1CCCC(NC(=O)c2sc(-c3ccsc3)nc2C)C1. The van der Waals surface area contributed by atoms with E-state index in [4.69, 9.17) is 4.74 Å². The number of amides is 1. The number of aryl methyl sites for hydroxylation is 1. The molecule has 1 aliphatic heterocycles. The number of carbonyl (C=O) groups is 1. The molecule has 1 N–H and O–H groups in total. The van der Waals surface area contributed by atoms with Crippen LogP contribution in [0.1, 0.15) is 28.2 Å². The van der Waals surface area contributed by atoms with Crippen molar-refractivity contribution in [1.82, 2.24) is 10.3 Å². The summed E-state index contributed by atoms with van der Waals surface area (Å²) in [5, 5.41) is 8.22. The van der Waals surface area contributed by atoms with Gasteiger partial charge in [0, 0.05) is 30.1 Å². The summed E-state index contributed by atoms with van der Waals surface area (Å²) in [6.07, 6.45) is 2.01. The zero-order chi connectivity index (χ0) is 19.5. The summed E-state index contributed by atoms with van der Waals surface area (Å²) in [7, 11) is 1.69. The van der Waals surface area contributed by atoms with Gasteiger partial charge in [-0.2, -0.15) is 11.3 Å². The lowest BCUT2D eigenvalue weighted by Gasteiger charge is -2.35. The van der Waals surface area contributed by atoms with Gasteiger partial charge in [0.25, 0.3) is 5.91 Å². The Kier molecular flexibility index (Phi) is 5.64. The summed E-state index contributed by atoms with van der Waals surface area (Å²) in [6.45, 7) is 3.65. The van der Waals surface area contributed by atoms with Crippen LogP contribution in [0.4, 0.5) is 5.69 Å². The number of piperidine rings is 1. The summed E-state index contributed by atoms with van der Waals surface area (Å²) < 4.78 is 5.50. The molecule has 4 rings (SSSR count). The second-order valence-electron chi connectivity index (χ2n) is 6.88. The number of rotatable bonds is 5. The molecule has 1 aromatic carbocycles. The first-order valence-corrected chi connectivity index (χ1v) is 11.1. The van der Waals surface area contributed by atoms with Crippen molar-refractivity contribution in [2.24, 2.45) is 0 Å². The number of nitrogens with zero attached hydrogens (tertiary/aromatic N) is 2. The first kappa shape index (κ1) is 19.0. The molecule has 3 aromatic rings. The van der Waals surface area contributed by atoms with Gasteiger partial charge in [-0.1, -0.05) is 12.1 Å². The van der Waals surface area contributed by atoms with E-state index in [2.05, 4.69) is 26.6 Å². The highest BCUT2D eigenvalue weighted by molar-refractivity contribution is 7.17. The minimum Gasteiger partial charge on any atom is -0.495 e. The van der Waals surface area contributed by atoms with Crippen molar-refractivity contribution >= 4 is 34.3 Å². The molecule has 0 aliphatic carbocycles. The Labute approximate surface area is 173 Å². The summed E-state index contributed by atoms with van der Waals surface area (Å²) in [5.41, 5.74) is 2.95. The Bertz CT molecular complexity index is 952. The minimum absolute atomic E-state index is 0.0247. The van der Waals surface area contributed by atoms with Crippen molar-refractivity contribution in [2.75, 3.05) is 25.1 Å². The lowest BCUT2D eigenvalue weighted by molar-refractivity contribution is 0.0936. The van der Waals surface area contributed by atoms with Gasteiger partial charge in [-0.3, -0.25) is 4.79 Å². The number of carbonyl (C=O) groups excluding carboxylic acids is 1. The number of benzene rings is 1. The normalized spacial score (nSPS) is 16.8. The van der Waals surface area contributed by atoms with Crippen LogP contribution in [0.15, 0.2) is 41.1 Å². The molecular weight excluding hydrogens is 390 g/mol. The van der Waals surface area contributed by atoms with Gasteiger partial charge in [-0.25, -0.2) is 4.98 Å². The number of hydrogen-bond donors (Lipinski definition) is 1. The predicted octanol–water partition coefficient (Wildman–Crippen LogP) is 4.59. The van der Waals surface area contributed by atoms with Gasteiger partial charge in [0.05, 0.1) is 18.5 Å². The first-order valence-electron chi connectivity index (χ1n) is 9.34. The molecule has 2 aromatic heterocycles. The van der Waals surface area contributed by atoms with Crippen LogP contribution in [-0.2, 0) is 0 Å². The number of hydrogen-bond acceptors (Lipinski definition) is 6. The Hall–Kier alpha value is -2.38. The standard InChI is InChI=1S/C21H23N3O2S2/c1-14-19(28-21(22-14)15-9-11-27-13-15)20(25)23-16-6-5-10-24(12-16)17-7-3-4-8-18(17)26-2/h3-4,7-9,11,13,16H,5-6,10,12H2,1-2H3,(H,23,25). The number of thiophene rings is 1.